The van der Waals surface area contributed by atoms with Crippen LogP contribution in [-0.4, -0.2) is 97.2 Å². The topological polar surface area (TPSA) is 125 Å². The second-order valence-electron chi connectivity index (χ2n) is 10.4. The number of nitrogens with zero attached hydrogens (tertiary/aromatic N) is 1. The van der Waals surface area contributed by atoms with Crippen molar-refractivity contribution in [2.75, 3.05) is 39.5 Å². The molecule has 0 aromatic carbocycles. The van der Waals surface area contributed by atoms with Crippen molar-refractivity contribution in [3.8, 4) is 0 Å². The molecule has 0 spiro atoms. The number of amides is 1. The number of carbonyl (C=O) groups is 1. The summed E-state index contributed by atoms with van der Waals surface area (Å²) < 4.78 is 0. The second-order valence-corrected chi connectivity index (χ2v) is 11.0. The minimum atomic E-state index is 0.0324. The Labute approximate surface area is 209 Å². The normalized spacial score (nSPS) is 38.5. The standard InChI is InChI=1S/C23H45ClN8O2/c1-15(21-18(24)6-3-8-26-21)29-23(34)16-4-2-5-17(12-16)27-13-20-30-31-22(32(20)10-11-33)19-7-9-25-14-28-19/h15-22,25-28,30-31,33H,2-14H2,1H3,(H,29,34)/t15-,16?,17?,18?,19?,20?,21?,22?/m0/s1. The van der Waals surface area contributed by atoms with E-state index in [0.29, 0.717) is 18.6 Å². The smallest absolute Gasteiger partial charge is 0.223 e. The molecule has 1 aliphatic carbocycles. The Balaban J connectivity index is 1.24. The number of β-amino-alcohol motifs (C(OH)–C–C–N with tert-alkyl or cyclic N) is 1. The van der Waals surface area contributed by atoms with Crippen molar-refractivity contribution in [1.82, 2.24) is 42.3 Å². The van der Waals surface area contributed by atoms with Crippen molar-refractivity contribution in [3.63, 3.8) is 0 Å². The number of nitrogens with one attached hydrogen (secondary N) is 7. The van der Waals surface area contributed by atoms with Gasteiger partial charge in [-0.3, -0.25) is 15.0 Å². The summed E-state index contributed by atoms with van der Waals surface area (Å²) in [4.78, 5) is 15.3. The van der Waals surface area contributed by atoms with Crippen molar-refractivity contribution in [2.45, 2.75) is 93.7 Å². The monoisotopic (exact) mass is 500 g/mol. The number of alkyl halides is 1. The minimum Gasteiger partial charge on any atom is -0.395 e. The molecule has 3 saturated heterocycles. The SMILES string of the molecule is C[C@H](NC(=O)C1CCCC(NCC2NNC(C3CCNCN3)N2CCO)C1)C1NCCCC1Cl. The number of piperidine rings is 1. The van der Waals surface area contributed by atoms with Gasteiger partial charge in [-0.05, 0) is 58.5 Å². The summed E-state index contributed by atoms with van der Waals surface area (Å²) in [5.74, 6) is 0.204. The zero-order valence-corrected chi connectivity index (χ0v) is 21.2. The molecule has 0 radical (unpaired) electrons. The van der Waals surface area contributed by atoms with E-state index in [1.54, 1.807) is 0 Å². The van der Waals surface area contributed by atoms with E-state index >= 15 is 0 Å². The first-order valence-electron chi connectivity index (χ1n) is 13.3. The number of hydrazine groups is 1. The lowest BCUT2D eigenvalue weighted by Crippen LogP contribution is -2.59. The molecule has 34 heavy (non-hydrogen) atoms. The molecular weight excluding hydrogens is 456 g/mol. The Hall–Kier alpha value is -0.560. The first-order valence-corrected chi connectivity index (χ1v) is 13.7. The molecule has 1 amide bonds. The molecule has 8 N–H and O–H groups in total. The van der Waals surface area contributed by atoms with E-state index in [0.717, 1.165) is 71.2 Å². The van der Waals surface area contributed by atoms with Crippen LogP contribution in [0.2, 0.25) is 0 Å². The summed E-state index contributed by atoms with van der Waals surface area (Å²) in [6, 6.07) is 0.825. The largest absolute Gasteiger partial charge is 0.395 e. The molecule has 1 saturated carbocycles. The Kier molecular flexibility index (Phi) is 10.2. The maximum Gasteiger partial charge on any atom is 0.223 e. The lowest BCUT2D eigenvalue weighted by atomic mass is 9.84. The summed E-state index contributed by atoms with van der Waals surface area (Å²) in [6.45, 7) is 6.36. The van der Waals surface area contributed by atoms with Crippen LogP contribution in [0.15, 0.2) is 0 Å². The van der Waals surface area contributed by atoms with E-state index < -0.39 is 0 Å². The summed E-state index contributed by atoms with van der Waals surface area (Å²) >= 11 is 6.51. The summed E-state index contributed by atoms with van der Waals surface area (Å²) in [6.07, 6.45) is 7.34. The van der Waals surface area contributed by atoms with E-state index in [2.05, 4.69) is 49.3 Å². The van der Waals surface area contributed by atoms with Crippen LogP contribution in [0.25, 0.3) is 0 Å². The van der Waals surface area contributed by atoms with Gasteiger partial charge in [0.2, 0.25) is 5.91 Å². The van der Waals surface area contributed by atoms with Gasteiger partial charge in [0.25, 0.3) is 0 Å². The van der Waals surface area contributed by atoms with Gasteiger partial charge in [-0.15, -0.1) is 11.6 Å². The van der Waals surface area contributed by atoms with Gasteiger partial charge in [0, 0.05) is 49.8 Å². The zero-order valence-electron chi connectivity index (χ0n) is 20.5. The van der Waals surface area contributed by atoms with Crippen molar-refractivity contribution < 1.29 is 9.90 Å². The molecule has 4 fully saturated rings. The molecule has 7 unspecified atom stereocenters. The van der Waals surface area contributed by atoms with E-state index in [1.807, 2.05) is 0 Å². The molecule has 0 aromatic heterocycles. The first-order chi connectivity index (χ1) is 16.6. The first kappa shape index (κ1) is 26.5. The zero-order chi connectivity index (χ0) is 23.9. The van der Waals surface area contributed by atoms with Crippen LogP contribution in [0.4, 0.5) is 0 Å². The fourth-order valence-corrected chi connectivity index (χ4v) is 6.52. The maximum absolute atomic E-state index is 13.0. The van der Waals surface area contributed by atoms with Crippen LogP contribution < -0.4 is 37.4 Å². The molecule has 0 bridgehead atoms. The fraction of sp³-hybridized carbons (Fsp3) is 0.957. The van der Waals surface area contributed by atoms with Gasteiger partial charge in [-0.2, -0.15) is 0 Å². The van der Waals surface area contributed by atoms with E-state index in [-0.39, 0.29) is 48.2 Å². The van der Waals surface area contributed by atoms with E-state index in [1.165, 1.54) is 0 Å². The van der Waals surface area contributed by atoms with Crippen LogP contribution in [0, 0.1) is 5.92 Å². The fourth-order valence-electron chi connectivity index (χ4n) is 6.06. The van der Waals surface area contributed by atoms with Gasteiger partial charge in [-0.25, -0.2) is 10.9 Å². The molecule has 10 nitrogen and oxygen atoms in total. The van der Waals surface area contributed by atoms with Crippen LogP contribution in [0.3, 0.4) is 0 Å². The molecule has 4 rings (SSSR count). The van der Waals surface area contributed by atoms with Gasteiger partial charge in [0.1, 0.15) is 0 Å². The highest BCUT2D eigenvalue weighted by Crippen LogP contribution is 2.26. The molecular formula is C23H45ClN8O2. The number of carbonyl (C=O) groups excluding carboxylic acids is 1. The van der Waals surface area contributed by atoms with Gasteiger partial charge >= 0.3 is 0 Å². The number of halogens is 1. The third-order valence-corrected chi connectivity index (χ3v) is 8.49. The van der Waals surface area contributed by atoms with Crippen molar-refractivity contribution in [2.24, 2.45) is 5.92 Å². The Morgan fingerprint density at radius 2 is 2.03 bits per heavy atom. The van der Waals surface area contributed by atoms with E-state index in [9.17, 15) is 9.90 Å². The van der Waals surface area contributed by atoms with Crippen LogP contribution >= 0.6 is 11.6 Å². The highest BCUT2D eigenvalue weighted by molar-refractivity contribution is 6.21. The van der Waals surface area contributed by atoms with Gasteiger partial charge in [0.05, 0.1) is 24.3 Å². The average molecular weight is 501 g/mol. The molecule has 8 atom stereocenters. The second kappa shape index (κ2) is 13.1. The quantitative estimate of drug-likeness (QED) is 0.187. The predicted molar refractivity (Wildman–Crippen MR) is 134 cm³/mol. The summed E-state index contributed by atoms with van der Waals surface area (Å²) in [5, 5.41) is 27.0. The van der Waals surface area contributed by atoms with Crippen molar-refractivity contribution >= 4 is 17.5 Å². The van der Waals surface area contributed by atoms with Crippen molar-refractivity contribution in [1.29, 1.82) is 0 Å². The average Bonchev–Trinajstić information content (AvgIpc) is 3.26. The number of rotatable bonds is 9. The third kappa shape index (κ3) is 6.80. The number of hydrogen-bond acceptors (Lipinski definition) is 9. The van der Waals surface area contributed by atoms with Crippen LogP contribution in [0.5, 0.6) is 0 Å². The maximum atomic E-state index is 13.0. The van der Waals surface area contributed by atoms with Gasteiger partial charge in [-0.1, -0.05) is 6.42 Å². The molecule has 3 aliphatic heterocycles. The Morgan fingerprint density at radius 1 is 1.15 bits per heavy atom. The number of hydrogen-bond donors (Lipinski definition) is 8. The molecule has 11 heteroatoms. The molecule has 0 aromatic rings. The molecule has 4 aliphatic rings. The predicted octanol–water partition coefficient (Wildman–Crippen LogP) is -1.04. The number of aliphatic hydroxyl groups excluding tert-OH is 1. The van der Waals surface area contributed by atoms with Crippen molar-refractivity contribution in [3.05, 3.63) is 0 Å². The van der Waals surface area contributed by atoms with Crippen LogP contribution in [-0.2, 0) is 4.79 Å². The third-order valence-electron chi connectivity index (χ3n) is 8.00. The lowest BCUT2D eigenvalue weighted by molar-refractivity contribution is -0.127. The van der Waals surface area contributed by atoms with E-state index in [4.69, 9.17) is 11.6 Å². The van der Waals surface area contributed by atoms with Gasteiger partial charge in [0.15, 0.2) is 0 Å². The molecule has 3 heterocycles. The number of aliphatic hydroxyl groups is 1. The molecule has 196 valence electrons. The highest BCUT2D eigenvalue weighted by Gasteiger charge is 2.38. The van der Waals surface area contributed by atoms with Gasteiger partial charge < -0.3 is 26.4 Å². The minimum absolute atomic E-state index is 0.0324. The Bertz CT molecular complexity index is 640. The van der Waals surface area contributed by atoms with Crippen LogP contribution in [0.1, 0.15) is 51.9 Å². The summed E-state index contributed by atoms with van der Waals surface area (Å²) in [7, 11) is 0. The summed E-state index contributed by atoms with van der Waals surface area (Å²) in [5.41, 5.74) is 6.86. The lowest BCUT2D eigenvalue weighted by Gasteiger charge is -2.37. The highest BCUT2D eigenvalue weighted by atomic mass is 35.5. The Morgan fingerprint density at radius 3 is 2.79 bits per heavy atom.